The Morgan fingerprint density at radius 2 is 2.00 bits per heavy atom. The molecule has 1 aromatic rings. The fraction of sp³-hybridized carbons (Fsp3) is 0.667. The highest BCUT2D eigenvalue weighted by molar-refractivity contribution is 7.19. The summed E-state index contributed by atoms with van der Waals surface area (Å²) < 4.78 is 5.37. The predicted molar refractivity (Wildman–Crippen MR) is 90.7 cm³/mol. The molecule has 1 rings (SSSR count). The molecule has 0 bridgehead atoms. The molecule has 0 aliphatic heterocycles. The first kappa shape index (κ1) is 17.8. The molecular formula is C15H27N3O2S. The van der Waals surface area contributed by atoms with Crippen LogP contribution in [-0.2, 0) is 0 Å². The number of likely N-dealkylation sites (N-methyl/N-ethyl adjacent to an activating group) is 1. The molecule has 0 saturated heterocycles. The Bertz CT molecular complexity index is 507. The fourth-order valence-corrected chi connectivity index (χ4v) is 2.82. The number of thiophene rings is 1. The monoisotopic (exact) mass is 313 g/mol. The quantitative estimate of drug-likeness (QED) is 0.758. The van der Waals surface area contributed by atoms with Crippen LogP contribution in [0.25, 0.3) is 0 Å². The maximum Gasteiger partial charge on any atom is 0.177 e. The zero-order chi connectivity index (χ0) is 16.4. The van der Waals surface area contributed by atoms with E-state index in [1.165, 1.54) is 11.3 Å². The van der Waals surface area contributed by atoms with E-state index in [1.54, 1.807) is 7.11 Å². The molecule has 1 heterocycles. The van der Waals surface area contributed by atoms with Crippen molar-refractivity contribution in [3.05, 3.63) is 4.88 Å². The number of anilines is 2. The van der Waals surface area contributed by atoms with Gasteiger partial charge in [-0.05, 0) is 27.9 Å². The Morgan fingerprint density at radius 3 is 2.43 bits per heavy atom. The summed E-state index contributed by atoms with van der Waals surface area (Å²) >= 11 is 1.37. The van der Waals surface area contributed by atoms with Gasteiger partial charge in [-0.1, -0.05) is 13.8 Å². The van der Waals surface area contributed by atoms with Crippen molar-refractivity contribution in [1.29, 1.82) is 0 Å². The molecule has 0 unspecified atom stereocenters. The predicted octanol–water partition coefficient (Wildman–Crippen LogP) is 2.93. The highest BCUT2D eigenvalue weighted by Gasteiger charge is 2.26. The number of ketones is 1. The zero-order valence-corrected chi connectivity index (χ0v) is 14.9. The molecule has 0 aliphatic rings. The zero-order valence-electron chi connectivity index (χ0n) is 14.0. The molecule has 0 aromatic carbocycles. The van der Waals surface area contributed by atoms with Crippen LogP contribution in [0, 0.1) is 5.92 Å². The molecule has 1 aromatic heterocycles. The highest BCUT2D eigenvalue weighted by Crippen LogP contribution is 2.43. The minimum atomic E-state index is -0.0817. The van der Waals surface area contributed by atoms with Crippen LogP contribution in [0.1, 0.15) is 37.4 Å². The SMILES string of the molecule is COc1c(NCC(C)(C)N(C)C)sc(C(=O)C(C)C)c1N. The highest BCUT2D eigenvalue weighted by atomic mass is 32.1. The van der Waals surface area contributed by atoms with E-state index in [0.717, 1.165) is 11.5 Å². The summed E-state index contributed by atoms with van der Waals surface area (Å²) in [6, 6.07) is 0. The molecule has 6 heteroatoms. The number of methoxy groups -OCH3 is 1. The molecule has 0 radical (unpaired) electrons. The van der Waals surface area contributed by atoms with Crippen molar-refractivity contribution in [3.8, 4) is 5.75 Å². The van der Waals surface area contributed by atoms with Crippen LogP contribution in [0.3, 0.4) is 0 Å². The van der Waals surface area contributed by atoms with Crippen molar-refractivity contribution in [2.45, 2.75) is 33.2 Å². The van der Waals surface area contributed by atoms with E-state index in [1.807, 2.05) is 27.9 Å². The average Bonchev–Trinajstić information content (AvgIpc) is 2.71. The number of nitrogens with zero attached hydrogens (tertiary/aromatic N) is 1. The molecule has 0 amide bonds. The van der Waals surface area contributed by atoms with Gasteiger partial charge in [0.05, 0.1) is 17.7 Å². The Morgan fingerprint density at radius 1 is 1.43 bits per heavy atom. The van der Waals surface area contributed by atoms with Crippen LogP contribution in [-0.4, -0.2) is 44.0 Å². The van der Waals surface area contributed by atoms with Crippen LogP contribution in [0.2, 0.25) is 0 Å². The minimum Gasteiger partial charge on any atom is -0.492 e. The number of hydrogen-bond donors (Lipinski definition) is 2. The maximum absolute atomic E-state index is 12.2. The van der Waals surface area contributed by atoms with Crippen molar-refractivity contribution >= 4 is 27.8 Å². The molecule has 3 N–H and O–H groups in total. The second-order valence-corrected chi connectivity index (χ2v) is 7.31. The summed E-state index contributed by atoms with van der Waals surface area (Å²) in [4.78, 5) is 14.9. The Labute approximate surface area is 131 Å². The Balaban J connectivity index is 3.03. The van der Waals surface area contributed by atoms with E-state index < -0.39 is 0 Å². The number of rotatable bonds is 7. The minimum absolute atomic E-state index is 0.0218. The van der Waals surface area contributed by atoms with E-state index in [0.29, 0.717) is 16.3 Å². The third-order valence-electron chi connectivity index (χ3n) is 3.74. The second kappa shape index (κ2) is 6.66. The van der Waals surface area contributed by atoms with Gasteiger partial charge < -0.3 is 20.7 Å². The summed E-state index contributed by atoms with van der Waals surface area (Å²) in [5.74, 6) is 0.538. The van der Waals surface area contributed by atoms with E-state index in [4.69, 9.17) is 10.5 Å². The number of hydrogen-bond acceptors (Lipinski definition) is 6. The van der Waals surface area contributed by atoms with E-state index in [-0.39, 0.29) is 17.2 Å². The Kier molecular flexibility index (Phi) is 5.64. The van der Waals surface area contributed by atoms with Crippen LogP contribution < -0.4 is 15.8 Å². The molecule has 0 saturated carbocycles. The molecule has 0 aliphatic carbocycles. The average molecular weight is 313 g/mol. The van der Waals surface area contributed by atoms with Gasteiger partial charge in [-0.15, -0.1) is 11.3 Å². The lowest BCUT2D eigenvalue weighted by Gasteiger charge is -2.32. The molecule has 0 fully saturated rings. The summed E-state index contributed by atoms with van der Waals surface area (Å²) in [5.41, 5.74) is 6.48. The Hall–Kier alpha value is -1.27. The van der Waals surface area contributed by atoms with Gasteiger partial charge >= 0.3 is 0 Å². The summed E-state index contributed by atoms with van der Waals surface area (Å²) in [6.07, 6.45) is 0. The summed E-state index contributed by atoms with van der Waals surface area (Å²) in [6.45, 7) is 8.76. The van der Waals surface area contributed by atoms with Gasteiger partial charge in [0.2, 0.25) is 0 Å². The number of nitrogens with two attached hydrogens (primary N) is 1. The molecular weight excluding hydrogens is 286 g/mol. The van der Waals surface area contributed by atoms with Gasteiger partial charge in [-0.25, -0.2) is 0 Å². The molecule has 5 nitrogen and oxygen atoms in total. The smallest absolute Gasteiger partial charge is 0.177 e. The van der Waals surface area contributed by atoms with Crippen molar-refractivity contribution < 1.29 is 9.53 Å². The van der Waals surface area contributed by atoms with Crippen LogP contribution in [0.4, 0.5) is 10.7 Å². The van der Waals surface area contributed by atoms with Crippen molar-refractivity contribution in [3.63, 3.8) is 0 Å². The van der Waals surface area contributed by atoms with E-state index in [2.05, 4.69) is 24.1 Å². The van der Waals surface area contributed by atoms with Crippen LogP contribution >= 0.6 is 11.3 Å². The summed E-state index contributed by atoms with van der Waals surface area (Å²) in [7, 11) is 5.65. The van der Waals surface area contributed by atoms with Gasteiger partial charge in [0.1, 0.15) is 5.00 Å². The van der Waals surface area contributed by atoms with Gasteiger partial charge in [0.25, 0.3) is 0 Å². The topological polar surface area (TPSA) is 67.6 Å². The van der Waals surface area contributed by atoms with Gasteiger partial charge in [-0.2, -0.15) is 0 Å². The largest absolute Gasteiger partial charge is 0.492 e. The standard InChI is InChI=1S/C15H27N3O2S/c1-9(2)11(19)13-10(16)12(20-7)14(21-13)17-8-15(3,4)18(5)6/h9,17H,8,16H2,1-7H3. The van der Waals surface area contributed by atoms with Crippen LogP contribution in [0.5, 0.6) is 5.75 Å². The molecule has 0 spiro atoms. The van der Waals surface area contributed by atoms with Crippen molar-refractivity contribution in [2.75, 3.05) is 38.8 Å². The van der Waals surface area contributed by atoms with Gasteiger partial charge in [-0.3, -0.25) is 4.79 Å². The third-order valence-corrected chi connectivity index (χ3v) is 4.90. The summed E-state index contributed by atoms with van der Waals surface area (Å²) in [5, 5.41) is 4.17. The first-order chi connectivity index (χ1) is 9.61. The fourth-order valence-electron chi connectivity index (χ4n) is 1.65. The van der Waals surface area contributed by atoms with Gasteiger partial charge in [0.15, 0.2) is 11.5 Å². The second-order valence-electron chi connectivity index (χ2n) is 6.29. The number of Topliss-reactive ketones (excluding diaryl/α,β-unsaturated/α-hetero) is 1. The number of nitrogen functional groups attached to an aromatic ring is 1. The number of carbonyl (C=O) groups excluding carboxylic acids is 1. The third kappa shape index (κ3) is 3.89. The van der Waals surface area contributed by atoms with Gasteiger partial charge in [0, 0.05) is 18.0 Å². The first-order valence-electron chi connectivity index (χ1n) is 7.03. The number of nitrogens with one attached hydrogen (secondary N) is 1. The van der Waals surface area contributed by atoms with Crippen LogP contribution in [0.15, 0.2) is 0 Å². The van der Waals surface area contributed by atoms with E-state index >= 15 is 0 Å². The van der Waals surface area contributed by atoms with E-state index in [9.17, 15) is 4.79 Å². The lowest BCUT2D eigenvalue weighted by atomic mass is 10.0. The van der Waals surface area contributed by atoms with Crippen molar-refractivity contribution in [2.24, 2.45) is 5.92 Å². The number of carbonyl (C=O) groups is 1. The first-order valence-corrected chi connectivity index (χ1v) is 7.85. The molecule has 21 heavy (non-hydrogen) atoms. The molecule has 0 atom stereocenters. The lowest BCUT2D eigenvalue weighted by Crippen LogP contribution is -2.44. The number of ether oxygens (including phenoxy) is 1. The molecule has 120 valence electrons. The van der Waals surface area contributed by atoms with Crippen molar-refractivity contribution in [1.82, 2.24) is 4.90 Å². The normalized spacial score (nSPS) is 12.0. The maximum atomic E-state index is 12.2. The lowest BCUT2D eigenvalue weighted by molar-refractivity contribution is 0.0944.